The van der Waals surface area contributed by atoms with Crippen molar-refractivity contribution in [1.29, 1.82) is 0 Å². The molecule has 0 saturated carbocycles. The van der Waals surface area contributed by atoms with Crippen molar-refractivity contribution >= 4 is 23.6 Å². The van der Waals surface area contributed by atoms with E-state index in [2.05, 4.69) is 10.3 Å². The number of nitrogens with zero attached hydrogens (tertiary/aromatic N) is 5. The van der Waals surface area contributed by atoms with Crippen molar-refractivity contribution in [3.63, 3.8) is 0 Å². The van der Waals surface area contributed by atoms with Gasteiger partial charge in [-0.15, -0.1) is 16.9 Å². The molecule has 7 nitrogen and oxygen atoms in total. The molecule has 0 aliphatic carbocycles. The molecule has 2 aromatic rings. The summed E-state index contributed by atoms with van der Waals surface area (Å²) in [5.41, 5.74) is 1.52. The topological polar surface area (TPSA) is 71.3 Å². The minimum Gasteiger partial charge on any atom is -0.337 e. The van der Waals surface area contributed by atoms with E-state index in [9.17, 15) is 9.59 Å². The maximum absolute atomic E-state index is 12.5. The summed E-state index contributed by atoms with van der Waals surface area (Å²) in [4.78, 5) is 29.0. The zero-order chi connectivity index (χ0) is 18.1. The first-order valence-electron chi connectivity index (χ1n) is 8.76. The number of amides is 2. The maximum Gasteiger partial charge on any atom is 0.254 e. The lowest BCUT2D eigenvalue weighted by Crippen LogP contribution is -2.50. The fraction of sp³-hybridized carbons (Fsp3) is 0.444. The van der Waals surface area contributed by atoms with Gasteiger partial charge in [0.05, 0.1) is 18.8 Å². The normalized spacial score (nSPS) is 17.7. The molecule has 1 aromatic carbocycles. The Morgan fingerprint density at radius 2 is 2.04 bits per heavy atom. The van der Waals surface area contributed by atoms with Gasteiger partial charge in [-0.3, -0.25) is 9.59 Å². The van der Waals surface area contributed by atoms with Crippen molar-refractivity contribution in [2.45, 2.75) is 30.3 Å². The highest BCUT2D eigenvalue weighted by atomic mass is 32.2. The van der Waals surface area contributed by atoms with E-state index in [1.54, 1.807) is 11.8 Å². The molecular formula is C18H21N5O2S. The van der Waals surface area contributed by atoms with E-state index in [0.29, 0.717) is 31.6 Å². The van der Waals surface area contributed by atoms with E-state index in [0.717, 1.165) is 23.6 Å². The molecule has 0 radical (unpaired) electrons. The summed E-state index contributed by atoms with van der Waals surface area (Å²) >= 11 is 1.66. The number of likely N-dealkylation sites (tertiary alicyclic amines) is 2. The van der Waals surface area contributed by atoms with Crippen LogP contribution in [0.2, 0.25) is 0 Å². The molecule has 0 bridgehead atoms. The summed E-state index contributed by atoms with van der Waals surface area (Å²) < 4.78 is 1.82. The van der Waals surface area contributed by atoms with E-state index in [-0.39, 0.29) is 17.9 Å². The van der Waals surface area contributed by atoms with Gasteiger partial charge >= 0.3 is 0 Å². The summed E-state index contributed by atoms with van der Waals surface area (Å²) in [7, 11) is 0. The molecule has 2 aliphatic rings. The molecule has 3 heterocycles. The number of hydrogen-bond donors (Lipinski definition) is 0. The third-order valence-corrected chi connectivity index (χ3v) is 5.69. The Kier molecular flexibility index (Phi) is 4.67. The first-order valence-corrected chi connectivity index (χ1v) is 9.98. The predicted octanol–water partition coefficient (Wildman–Crippen LogP) is 1.82. The van der Waals surface area contributed by atoms with Gasteiger partial charge in [-0.2, -0.15) is 0 Å². The van der Waals surface area contributed by atoms with Crippen molar-refractivity contribution in [2.75, 3.05) is 25.9 Å². The third-order valence-electron chi connectivity index (χ3n) is 4.94. The lowest BCUT2D eigenvalue weighted by Gasteiger charge is -2.38. The van der Waals surface area contributed by atoms with Gasteiger partial charge in [0.15, 0.2) is 0 Å². The second kappa shape index (κ2) is 7.11. The number of carbonyl (C=O) groups excluding carboxylic acids is 2. The van der Waals surface area contributed by atoms with Gasteiger partial charge in [0.25, 0.3) is 5.91 Å². The van der Waals surface area contributed by atoms with Gasteiger partial charge in [-0.1, -0.05) is 5.21 Å². The molecule has 0 atom stereocenters. The van der Waals surface area contributed by atoms with Crippen LogP contribution in [0.15, 0.2) is 35.4 Å². The monoisotopic (exact) mass is 371 g/mol. The molecule has 4 rings (SSSR count). The number of rotatable bonds is 5. The van der Waals surface area contributed by atoms with Crippen molar-refractivity contribution in [2.24, 2.45) is 0 Å². The molecule has 26 heavy (non-hydrogen) atoms. The molecular weight excluding hydrogens is 350 g/mol. The van der Waals surface area contributed by atoms with E-state index in [1.807, 2.05) is 51.2 Å². The number of carbonyl (C=O) groups is 2. The van der Waals surface area contributed by atoms with Crippen LogP contribution < -0.4 is 0 Å². The molecule has 136 valence electrons. The number of thioether (sulfide) groups is 1. The predicted molar refractivity (Wildman–Crippen MR) is 97.8 cm³/mol. The highest BCUT2D eigenvalue weighted by molar-refractivity contribution is 7.98. The zero-order valence-corrected chi connectivity index (χ0v) is 15.5. The van der Waals surface area contributed by atoms with Crippen LogP contribution in [0.1, 0.15) is 34.9 Å². The standard InChI is InChI=1S/C18H21N5O2S/c1-26-16-6-4-13(5-7-16)18(25)22-11-15(12-22)23-10-14(19-20-23)9-21-8-2-3-17(21)24/h4-7,10,15H,2-3,8-9,11-12H2,1H3. The minimum atomic E-state index is 0.0527. The average Bonchev–Trinajstić information content (AvgIpc) is 3.24. The lowest BCUT2D eigenvalue weighted by atomic mass is 10.1. The largest absolute Gasteiger partial charge is 0.337 e. The first kappa shape index (κ1) is 17.1. The summed E-state index contributed by atoms with van der Waals surface area (Å²) in [5.74, 6) is 0.240. The Morgan fingerprint density at radius 3 is 2.69 bits per heavy atom. The van der Waals surface area contributed by atoms with Crippen molar-refractivity contribution in [3.05, 3.63) is 41.7 Å². The van der Waals surface area contributed by atoms with Crippen molar-refractivity contribution in [3.8, 4) is 0 Å². The number of benzene rings is 1. The van der Waals surface area contributed by atoms with Gasteiger partial charge in [0, 0.05) is 36.5 Å². The van der Waals surface area contributed by atoms with Gasteiger partial charge in [0.1, 0.15) is 5.69 Å². The highest BCUT2D eigenvalue weighted by Gasteiger charge is 2.33. The van der Waals surface area contributed by atoms with Crippen LogP contribution >= 0.6 is 11.8 Å². The molecule has 0 N–H and O–H groups in total. The van der Waals surface area contributed by atoms with Crippen molar-refractivity contribution < 1.29 is 9.59 Å². The Labute approximate surface area is 156 Å². The van der Waals surface area contributed by atoms with Gasteiger partial charge in [-0.05, 0) is 36.9 Å². The fourth-order valence-corrected chi connectivity index (χ4v) is 3.74. The second-order valence-corrected chi connectivity index (χ2v) is 7.58. The third kappa shape index (κ3) is 3.33. The molecule has 0 unspecified atom stereocenters. The van der Waals surface area contributed by atoms with Crippen LogP contribution in [0.25, 0.3) is 0 Å². The van der Waals surface area contributed by atoms with Crippen LogP contribution in [0.3, 0.4) is 0 Å². The quantitative estimate of drug-likeness (QED) is 0.750. The Hall–Kier alpha value is -2.35. The minimum absolute atomic E-state index is 0.0527. The van der Waals surface area contributed by atoms with Crippen molar-refractivity contribution in [1.82, 2.24) is 24.8 Å². The smallest absolute Gasteiger partial charge is 0.254 e. The Morgan fingerprint density at radius 1 is 1.27 bits per heavy atom. The second-order valence-electron chi connectivity index (χ2n) is 6.70. The summed E-state index contributed by atoms with van der Waals surface area (Å²) in [5, 5.41) is 8.36. The lowest BCUT2D eigenvalue weighted by molar-refractivity contribution is -0.128. The molecule has 8 heteroatoms. The van der Waals surface area contributed by atoms with Crippen LogP contribution in [0.5, 0.6) is 0 Å². The van der Waals surface area contributed by atoms with Gasteiger partial charge < -0.3 is 9.80 Å². The van der Waals surface area contributed by atoms with Crippen LogP contribution in [-0.2, 0) is 11.3 Å². The average molecular weight is 371 g/mol. The molecule has 2 fully saturated rings. The number of hydrogen-bond acceptors (Lipinski definition) is 5. The van der Waals surface area contributed by atoms with Gasteiger partial charge in [0.2, 0.25) is 5.91 Å². The molecule has 2 saturated heterocycles. The summed E-state index contributed by atoms with van der Waals surface area (Å²) in [6.45, 7) is 2.59. The van der Waals surface area contributed by atoms with Gasteiger partial charge in [-0.25, -0.2) is 4.68 Å². The highest BCUT2D eigenvalue weighted by Crippen LogP contribution is 2.24. The maximum atomic E-state index is 12.5. The van der Waals surface area contributed by atoms with Crippen LogP contribution in [0.4, 0.5) is 0 Å². The van der Waals surface area contributed by atoms with Crippen LogP contribution in [-0.4, -0.2) is 62.5 Å². The van der Waals surface area contributed by atoms with E-state index in [1.165, 1.54) is 0 Å². The van der Waals surface area contributed by atoms with E-state index in [4.69, 9.17) is 0 Å². The molecule has 2 amide bonds. The Balaban J connectivity index is 1.33. The zero-order valence-electron chi connectivity index (χ0n) is 14.7. The Bertz CT molecular complexity index is 813. The first-order chi connectivity index (χ1) is 12.6. The summed E-state index contributed by atoms with van der Waals surface area (Å²) in [6, 6.07) is 7.85. The van der Waals surface area contributed by atoms with Crippen LogP contribution in [0, 0.1) is 0 Å². The molecule has 1 aromatic heterocycles. The molecule has 0 spiro atoms. The fourth-order valence-electron chi connectivity index (χ4n) is 3.34. The molecule has 2 aliphatic heterocycles. The SMILES string of the molecule is CSc1ccc(C(=O)N2CC(n3cc(CN4CCCC4=O)nn3)C2)cc1. The number of aromatic nitrogens is 3. The van der Waals surface area contributed by atoms with E-state index >= 15 is 0 Å². The van der Waals surface area contributed by atoms with E-state index < -0.39 is 0 Å². The summed E-state index contributed by atoms with van der Waals surface area (Å²) in [6.07, 6.45) is 5.46.